The summed E-state index contributed by atoms with van der Waals surface area (Å²) in [6.07, 6.45) is 3.23. The molecule has 1 N–H and O–H groups in total. The Kier molecular flexibility index (Phi) is 10.0. The van der Waals surface area contributed by atoms with Crippen LogP contribution < -0.4 is 5.32 Å². The minimum Gasteiger partial charge on any atom is -0.449 e. The number of hydrogen-bond donors (Lipinski definition) is 1. The molecule has 9 nitrogen and oxygen atoms in total. The summed E-state index contributed by atoms with van der Waals surface area (Å²) in [7, 11) is -3.76. The Morgan fingerprint density at radius 2 is 1.74 bits per heavy atom. The number of rotatable bonds is 11. The van der Waals surface area contributed by atoms with Gasteiger partial charge in [-0.2, -0.15) is 14.8 Å². The molecule has 2 aromatic rings. The van der Waals surface area contributed by atoms with Gasteiger partial charge in [0.1, 0.15) is 13.2 Å². The van der Waals surface area contributed by atoms with Gasteiger partial charge in [0.15, 0.2) is 0 Å². The summed E-state index contributed by atoms with van der Waals surface area (Å²) in [5, 5.41) is 2.90. The normalized spacial score (nSPS) is 22.1. The monoisotopic (exact) mass is 577 g/mol. The zero-order valence-corrected chi connectivity index (χ0v) is 23.9. The Labute approximate surface area is 234 Å². The Morgan fingerprint density at radius 1 is 1.05 bits per heavy atom. The van der Waals surface area contributed by atoms with Crippen LogP contribution in [0.2, 0.25) is 0 Å². The van der Waals surface area contributed by atoms with Gasteiger partial charge in [-0.25, -0.2) is 18.0 Å². The Morgan fingerprint density at radius 3 is 2.44 bits per heavy atom. The van der Waals surface area contributed by atoms with Crippen LogP contribution in [0.15, 0.2) is 65.6 Å². The highest BCUT2D eigenvalue weighted by atomic mass is 32.2. The number of ether oxygens (including phenoxy) is 2. The number of hydrogen-bond acceptors (Lipinski definition) is 6. The molecule has 2 aliphatic rings. The first kappa shape index (κ1) is 29.1. The van der Waals surface area contributed by atoms with E-state index in [4.69, 9.17) is 9.47 Å². The number of sulfonamides is 1. The summed E-state index contributed by atoms with van der Waals surface area (Å²) < 4.78 is 39.3. The third-order valence-corrected chi connectivity index (χ3v) is 9.83. The fraction of sp³-hybridized carbons (Fsp3) is 0.464. The Hall–Kier alpha value is -2.89. The van der Waals surface area contributed by atoms with Crippen molar-refractivity contribution in [3.05, 3.63) is 66.2 Å². The number of alkyl carbamates (subject to hydrolysis) is 1. The van der Waals surface area contributed by atoms with Gasteiger partial charge in [0.2, 0.25) is 10.0 Å². The standard InChI is InChI=1S/C28H37N3O6S2.H2/c1-38(2)18-17-36-27(32)29-26-19-23(26)13-14-24-20-30(28(33)37-21-22-9-5-3-6-10-22)15-16-31(24)39(34,35)25-11-7-4-8-12-25;/h3-12,23-24,26H,1,13-21H2,2H3,(H,29,32);1H/t23?,24-,26?,38?;/m0./s1. The first-order valence-electron chi connectivity index (χ1n) is 13.1. The second kappa shape index (κ2) is 13.5. The van der Waals surface area contributed by atoms with Gasteiger partial charge in [-0.3, -0.25) is 0 Å². The minimum absolute atomic E-state index is 0. The Bertz CT molecular complexity index is 1250. The predicted octanol–water partition coefficient (Wildman–Crippen LogP) is 4.17. The number of piperazine rings is 1. The van der Waals surface area contributed by atoms with Crippen molar-refractivity contribution in [1.29, 1.82) is 0 Å². The fourth-order valence-corrected chi connectivity index (χ4v) is 6.74. The average molecular weight is 578 g/mol. The molecule has 1 aliphatic heterocycles. The lowest BCUT2D eigenvalue weighted by Crippen LogP contribution is -2.56. The van der Waals surface area contributed by atoms with Crippen molar-refractivity contribution >= 4 is 38.6 Å². The van der Waals surface area contributed by atoms with Crippen LogP contribution in [0.25, 0.3) is 0 Å². The number of carbonyl (C=O) groups is 2. The van der Waals surface area contributed by atoms with Crippen LogP contribution in [-0.2, 0) is 26.1 Å². The molecule has 4 atom stereocenters. The lowest BCUT2D eigenvalue weighted by atomic mass is 10.1. The lowest BCUT2D eigenvalue weighted by molar-refractivity contribution is 0.0682. The summed E-state index contributed by atoms with van der Waals surface area (Å²) >= 11 is 0. The van der Waals surface area contributed by atoms with Crippen LogP contribution in [-0.4, -0.2) is 86.0 Å². The molecular weight excluding hydrogens is 538 g/mol. The number of carbonyl (C=O) groups excluding carboxylic acids is 2. The fourth-order valence-electron chi connectivity index (χ4n) is 4.71. The first-order chi connectivity index (χ1) is 18.7. The van der Waals surface area contributed by atoms with Crippen molar-refractivity contribution in [1.82, 2.24) is 14.5 Å². The van der Waals surface area contributed by atoms with Gasteiger partial charge in [-0.05, 0) is 49.1 Å². The van der Waals surface area contributed by atoms with Crippen molar-refractivity contribution in [2.24, 2.45) is 5.92 Å². The van der Waals surface area contributed by atoms with Crippen LogP contribution in [0.4, 0.5) is 9.59 Å². The van der Waals surface area contributed by atoms with Crippen molar-refractivity contribution in [3.63, 3.8) is 0 Å². The summed E-state index contributed by atoms with van der Waals surface area (Å²) in [5.41, 5.74) is 0.889. The largest absolute Gasteiger partial charge is 0.449 e. The number of benzene rings is 2. The van der Waals surface area contributed by atoms with Crippen molar-refractivity contribution < 1.29 is 28.9 Å². The molecule has 4 rings (SSSR count). The molecule has 214 valence electrons. The molecular formula is C28H39N3O6S2. The minimum atomic E-state index is -3.73. The highest BCUT2D eigenvalue weighted by molar-refractivity contribution is 8.13. The lowest BCUT2D eigenvalue weighted by Gasteiger charge is -2.40. The zero-order valence-electron chi connectivity index (χ0n) is 22.2. The molecule has 1 heterocycles. The number of amides is 2. The molecule has 0 bridgehead atoms. The van der Waals surface area contributed by atoms with E-state index in [0.717, 1.165) is 24.2 Å². The summed E-state index contributed by atoms with van der Waals surface area (Å²) in [4.78, 5) is 26.7. The van der Waals surface area contributed by atoms with Crippen LogP contribution >= 0.6 is 10.5 Å². The number of nitrogens with zero attached hydrogens (tertiary/aromatic N) is 2. The van der Waals surface area contributed by atoms with Crippen molar-refractivity contribution in [2.75, 3.05) is 38.2 Å². The maximum absolute atomic E-state index is 13.5. The molecule has 1 aliphatic carbocycles. The average Bonchev–Trinajstić information content (AvgIpc) is 3.68. The molecule has 0 spiro atoms. The smallest absolute Gasteiger partial charge is 0.410 e. The van der Waals surface area contributed by atoms with E-state index < -0.39 is 28.3 Å². The second-order valence-corrected chi connectivity index (χ2v) is 13.9. The molecule has 1 saturated carbocycles. The van der Waals surface area contributed by atoms with Gasteiger partial charge in [0.05, 0.1) is 4.90 Å². The maximum atomic E-state index is 13.5. The molecule has 0 radical (unpaired) electrons. The van der Waals surface area contributed by atoms with Crippen LogP contribution in [0.5, 0.6) is 0 Å². The molecule has 2 aromatic carbocycles. The zero-order chi connectivity index (χ0) is 27.8. The molecule has 1 saturated heterocycles. The van der Waals surface area contributed by atoms with E-state index in [0.29, 0.717) is 13.0 Å². The van der Waals surface area contributed by atoms with E-state index in [9.17, 15) is 18.0 Å². The Balaban J connectivity index is 0.00000441. The van der Waals surface area contributed by atoms with Crippen LogP contribution in [0, 0.1) is 5.92 Å². The van der Waals surface area contributed by atoms with E-state index in [-0.39, 0.29) is 55.0 Å². The molecule has 39 heavy (non-hydrogen) atoms. The number of nitrogens with one attached hydrogen (secondary N) is 1. The van der Waals surface area contributed by atoms with Crippen molar-refractivity contribution in [2.45, 2.75) is 42.8 Å². The van der Waals surface area contributed by atoms with E-state index in [2.05, 4.69) is 11.2 Å². The van der Waals surface area contributed by atoms with Crippen molar-refractivity contribution in [3.8, 4) is 0 Å². The SMILES string of the molecule is C=S(C)CCOC(=O)NC1CC1CC[C@H]1CN(C(=O)OCc2ccccc2)CCN1S(=O)(=O)c1ccccc1.[HH]. The summed E-state index contributed by atoms with van der Waals surface area (Å²) in [6.45, 7) is 1.19. The first-order valence-corrected chi connectivity index (χ1v) is 16.5. The van der Waals surface area contributed by atoms with E-state index in [1.807, 2.05) is 36.6 Å². The third kappa shape index (κ3) is 8.30. The van der Waals surface area contributed by atoms with Gasteiger partial charge in [0.25, 0.3) is 0 Å². The quantitative estimate of drug-likeness (QED) is 0.402. The van der Waals surface area contributed by atoms with E-state index >= 15 is 0 Å². The topological polar surface area (TPSA) is 105 Å². The van der Waals surface area contributed by atoms with Gasteiger partial charge >= 0.3 is 12.2 Å². The van der Waals surface area contributed by atoms with Crippen LogP contribution in [0.1, 0.15) is 26.3 Å². The molecule has 2 amide bonds. The summed E-state index contributed by atoms with van der Waals surface area (Å²) in [6, 6.07) is 17.4. The van der Waals surface area contributed by atoms with Gasteiger partial charge < -0.3 is 19.7 Å². The van der Waals surface area contributed by atoms with E-state index in [1.165, 1.54) is 4.31 Å². The summed E-state index contributed by atoms with van der Waals surface area (Å²) in [5.74, 6) is 4.89. The predicted molar refractivity (Wildman–Crippen MR) is 156 cm³/mol. The van der Waals surface area contributed by atoms with Gasteiger partial charge in [-0.15, -0.1) is 0 Å². The molecule has 11 heteroatoms. The van der Waals surface area contributed by atoms with E-state index in [1.54, 1.807) is 35.2 Å². The molecule has 0 aromatic heterocycles. The van der Waals surface area contributed by atoms with Gasteiger partial charge in [-0.1, -0.05) is 54.4 Å². The maximum Gasteiger partial charge on any atom is 0.410 e. The highest BCUT2D eigenvalue weighted by Crippen LogP contribution is 2.36. The molecule has 3 unspecified atom stereocenters. The molecule has 2 fully saturated rings. The third-order valence-electron chi connectivity index (χ3n) is 7.00. The highest BCUT2D eigenvalue weighted by Gasteiger charge is 2.42. The second-order valence-electron chi connectivity index (χ2n) is 10.0. The van der Waals surface area contributed by atoms with Crippen LogP contribution in [0.3, 0.4) is 0 Å². The van der Waals surface area contributed by atoms with Gasteiger partial charge in [0, 0.05) is 38.9 Å².